The highest BCUT2D eigenvalue weighted by molar-refractivity contribution is 7.92. The van der Waals surface area contributed by atoms with Crippen molar-refractivity contribution in [2.24, 2.45) is 0 Å². The summed E-state index contributed by atoms with van der Waals surface area (Å²) in [6.07, 6.45) is 17.1. The standard InChI is InChI=1S/C28H44F3N3O10S2.C24H36F3N3O8S2.C20H30F3N3O5S2/c29-23-24(30)28(27(25(31)26(23)34-45(37)38)33-21-7-4-2-1-3-5-8-21)46(39,40)20-9-22(36)32-10-13-42-15-17-44-19-18-43-16-14-41-12-6-11-35;25-19-20(26)24(40(35,36)16-9-18(32)28-10-13-38-15-14-37-12-6-11-31)23(21(27)22(19)30-39(33)34)29-17-7-4-2-1-3-5-8-17;1-2-11-24-14(27)10-12-33(30,31)20-16(22)15(21)18(26-32(28)29)17(23)19(20)25-13-8-6-4-3-5-7-9-13/h11,21,33-34H,1-10,12-20H2,(H,32,36)(H,37,38);11,17,29-30H,1-10,12-16H2,(H,28,32)(H,33,34);13,25-26H,2-12H2,1H3,(H,24,27)(H,28,29)/p-3. The molecule has 32 nitrogen and oxygen atoms in total. The molecule has 6 rings (SSSR count). The van der Waals surface area contributed by atoms with Crippen LogP contribution in [0.3, 0.4) is 0 Å². The maximum absolute atomic E-state index is 15.4. The highest BCUT2D eigenvalue weighted by Gasteiger charge is 2.38. The highest BCUT2D eigenvalue weighted by Crippen LogP contribution is 2.42. The lowest BCUT2D eigenvalue weighted by Crippen LogP contribution is -2.30. The molecule has 0 bridgehead atoms. The number of rotatable bonds is 50. The summed E-state index contributed by atoms with van der Waals surface area (Å²) in [6.45, 7) is 5.34. The van der Waals surface area contributed by atoms with Crippen LogP contribution in [0.4, 0.5) is 73.6 Å². The number of anilines is 6. The third-order valence-corrected chi connectivity index (χ3v) is 24.8. The monoisotopic (exact) mass is 1830 g/mol. The Morgan fingerprint density at radius 1 is 0.345 bits per heavy atom. The number of halogens is 9. The summed E-state index contributed by atoms with van der Waals surface area (Å²) in [5, 5.41) is 15.4. The Kier molecular flexibility index (Phi) is 50.3. The summed E-state index contributed by atoms with van der Waals surface area (Å²) in [5.41, 5.74) is -6.58. The fourth-order valence-electron chi connectivity index (χ4n) is 12.5. The van der Waals surface area contributed by atoms with Gasteiger partial charge in [0.25, 0.3) is 0 Å². The second-order valence-electron chi connectivity index (χ2n) is 27.5. The molecule has 0 aromatic heterocycles. The fourth-order valence-corrected chi connectivity index (χ4v) is 18.0. The molecule has 47 heteroatoms. The molecular weight excluding hydrogens is 1720 g/mol. The molecule has 3 aromatic rings. The maximum atomic E-state index is 15.4. The van der Waals surface area contributed by atoms with Gasteiger partial charge in [-0.1, -0.05) is 103 Å². The van der Waals surface area contributed by atoms with Crippen molar-refractivity contribution in [2.75, 3.05) is 146 Å². The molecule has 0 saturated heterocycles. The number of amides is 3. The molecule has 0 aliphatic heterocycles. The number of hydrogen-bond donors (Lipinski definition) is 9. The Bertz CT molecular complexity index is 4120. The molecule has 3 aliphatic carbocycles. The molecule has 3 unspecified atom stereocenters. The van der Waals surface area contributed by atoms with E-state index in [1.807, 2.05) is 0 Å². The van der Waals surface area contributed by atoms with Gasteiger partial charge in [-0.3, -0.25) is 27.0 Å². The predicted molar refractivity (Wildman–Crippen MR) is 421 cm³/mol. The van der Waals surface area contributed by atoms with E-state index in [0.717, 1.165) is 109 Å². The number of carbonyl (C=O) groups excluding carboxylic acids is 5. The van der Waals surface area contributed by atoms with Crippen LogP contribution in [0.5, 0.6) is 0 Å². The van der Waals surface area contributed by atoms with E-state index in [0.29, 0.717) is 90.9 Å². The van der Waals surface area contributed by atoms with E-state index >= 15 is 22.0 Å². The summed E-state index contributed by atoms with van der Waals surface area (Å²) in [5.74, 6) is -21.4. The summed E-state index contributed by atoms with van der Waals surface area (Å²) in [7, 11) is -14.2. The van der Waals surface area contributed by atoms with Gasteiger partial charge < -0.3 is 97.7 Å². The number of carbonyl (C=O) groups is 5. The highest BCUT2D eigenvalue weighted by atomic mass is 32.2. The first kappa shape index (κ1) is 105. The largest absolute Gasteiger partial charge is 0.755 e. The van der Waals surface area contributed by atoms with Gasteiger partial charge in [0, 0.05) is 104 Å². The van der Waals surface area contributed by atoms with Gasteiger partial charge in [-0.25, -0.2) is 64.8 Å². The molecule has 3 atom stereocenters. The van der Waals surface area contributed by atoms with Crippen molar-refractivity contribution in [3.8, 4) is 0 Å². The lowest BCUT2D eigenvalue weighted by Gasteiger charge is -2.25. The molecule has 3 aliphatic rings. The Balaban J connectivity index is 0.000000380. The normalized spacial score (nSPS) is 15.7. The lowest BCUT2D eigenvalue weighted by molar-refractivity contribution is -0.121. The van der Waals surface area contributed by atoms with Crippen LogP contribution in [0, 0.1) is 52.4 Å². The van der Waals surface area contributed by atoms with Crippen LogP contribution in [-0.2, 0) is 116 Å². The Labute approximate surface area is 695 Å². The van der Waals surface area contributed by atoms with E-state index in [9.17, 15) is 93.1 Å². The van der Waals surface area contributed by atoms with Crippen molar-refractivity contribution in [3.63, 3.8) is 0 Å². The summed E-state index contributed by atoms with van der Waals surface area (Å²) >= 11 is -9.62. The van der Waals surface area contributed by atoms with Gasteiger partial charge in [-0.15, -0.1) is 0 Å². The Morgan fingerprint density at radius 3 is 0.807 bits per heavy atom. The van der Waals surface area contributed by atoms with Gasteiger partial charge >= 0.3 is 0 Å². The van der Waals surface area contributed by atoms with Crippen LogP contribution in [0.1, 0.15) is 180 Å². The first-order valence-corrected chi connectivity index (χ1v) is 47.2. The molecule has 3 fully saturated rings. The fraction of sp³-hybridized carbons (Fsp3) is 0.681. The Hall–Kier alpha value is -6.48. The number of benzene rings is 3. The summed E-state index contributed by atoms with van der Waals surface area (Å²) < 4.78 is 316. The molecule has 3 amide bonds. The van der Waals surface area contributed by atoms with Crippen LogP contribution >= 0.6 is 0 Å². The van der Waals surface area contributed by atoms with Gasteiger partial charge in [0.2, 0.25) is 17.7 Å². The first-order valence-electron chi connectivity index (χ1n) is 39.0. The molecule has 119 heavy (non-hydrogen) atoms. The van der Waals surface area contributed by atoms with Crippen LogP contribution in [0.2, 0.25) is 0 Å². The second kappa shape index (κ2) is 57.1. The third-order valence-electron chi connectivity index (χ3n) is 18.4. The van der Waals surface area contributed by atoms with Crippen molar-refractivity contribution >= 4 is 128 Å². The van der Waals surface area contributed by atoms with Crippen LogP contribution < -0.4 is 46.1 Å². The molecule has 0 heterocycles. The number of ether oxygens (including phenoxy) is 6. The molecule has 0 radical (unpaired) electrons. The Morgan fingerprint density at radius 2 is 0.571 bits per heavy atom. The smallest absolute Gasteiger partial charge is 0.221 e. The number of sulfone groups is 3. The maximum Gasteiger partial charge on any atom is 0.221 e. The summed E-state index contributed by atoms with van der Waals surface area (Å²) in [6, 6.07) is -1.35. The van der Waals surface area contributed by atoms with Crippen LogP contribution in [0.15, 0.2) is 14.7 Å². The van der Waals surface area contributed by atoms with E-state index < -0.39 is 237 Å². The minimum absolute atomic E-state index is 0.0326. The van der Waals surface area contributed by atoms with Crippen molar-refractivity contribution in [2.45, 2.75) is 213 Å². The zero-order valence-corrected chi connectivity index (χ0v) is 70.8. The van der Waals surface area contributed by atoms with E-state index in [4.69, 9.17) is 28.4 Å². The van der Waals surface area contributed by atoms with Gasteiger partial charge in [-0.2, -0.15) is 0 Å². The van der Waals surface area contributed by atoms with E-state index in [-0.39, 0.29) is 65.8 Å². The summed E-state index contributed by atoms with van der Waals surface area (Å²) in [4.78, 5) is 52.8. The molecule has 680 valence electrons. The quantitative estimate of drug-likeness (QED) is 0.00836. The van der Waals surface area contributed by atoms with Crippen LogP contribution in [0.25, 0.3) is 0 Å². The minimum Gasteiger partial charge on any atom is -0.755 e. The predicted octanol–water partition coefficient (Wildman–Crippen LogP) is 9.03. The van der Waals surface area contributed by atoms with Crippen molar-refractivity contribution < 1.29 is 143 Å². The van der Waals surface area contributed by atoms with Gasteiger partial charge in [0.05, 0.1) is 114 Å². The second-order valence-corrected chi connectivity index (χ2v) is 35.6. The molecule has 3 saturated carbocycles. The lowest BCUT2D eigenvalue weighted by atomic mass is 9.96. The van der Waals surface area contributed by atoms with E-state index in [1.165, 1.54) is 14.2 Å². The third kappa shape index (κ3) is 38.0. The van der Waals surface area contributed by atoms with Crippen molar-refractivity contribution in [3.05, 3.63) is 52.4 Å². The SMILES string of the molecule is CCCNC(=O)CCS(=O)(=O)c1c(F)c(F)c(NS(=O)[O-])c(F)c1NC1CCCCCCC1.O=CCCOCCOCCNC(=O)CCS(=O)(=O)c1c(F)c(F)c(NS(=O)[O-])c(F)c1NC1CCCCCCC1.O=CCCOCCOCCOCCOCCNC(=O)CCS(=O)(=O)c1c(F)c(F)c(NS(=O)[O-])c(F)c1NC1CCCCCCC1. The zero-order valence-electron chi connectivity index (χ0n) is 65.9. The number of aldehydes is 2. The van der Waals surface area contributed by atoms with Crippen molar-refractivity contribution in [1.82, 2.24) is 16.0 Å². The molecule has 0 spiro atoms. The average Bonchev–Trinajstić information content (AvgIpc) is 0.769. The first-order chi connectivity index (χ1) is 56.7. The van der Waals surface area contributed by atoms with E-state index in [2.05, 4.69) is 31.9 Å². The molecular formula is C72H107F9N9O23S6-3. The molecule has 3 aromatic carbocycles. The van der Waals surface area contributed by atoms with Gasteiger partial charge in [0.1, 0.15) is 44.3 Å². The minimum atomic E-state index is -4.77. The topological polar surface area (TPSA) is 472 Å². The number of nitrogens with one attached hydrogen (secondary N) is 9. The van der Waals surface area contributed by atoms with Crippen molar-refractivity contribution in [1.29, 1.82) is 0 Å². The van der Waals surface area contributed by atoms with Gasteiger partial charge in [0.15, 0.2) is 81.9 Å². The van der Waals surface area contributed by atoms with E-state index in [1.54, 1.807) is 6.92 Å². The number of hydrogen-bond acceptors (Lipinski definition) is 26. The molecule has 9 N–H and O–H groups in total. The van der Waals surface area contributed by atoms with Gasteiger partial charge in [-0.05, 0) is 44.9 Å². The zero-order chi connectivity index (χ0) is 87.9. The van der Waals surface area contributed by atoms with Crippen LogP contribution in [-0.4, -0.2) is 216 Å². The average molecular weight is 1830 g/mol.